The molecule has 4 heteroatoms. The third-order valence-corrected chi connectivity index (χ3v) is 2.74. The third-order valence-electron chi connectivity index (χ3n) is 1.72. The average Bonchev–Trinajstić information content (AvgIpc) is 2.20. The van der Waals surface area contributed by atoms with E-state index in [4.69, 9.17) is 0 Å². The van der Waals surface area contributed by atoms with Crippen LogP contribution in [0.1, 0.15) is 20.3 Å². The minimum absolute atomic E-state index is 0.540. The normalized spacial score (nSPS) is 12.7. The van der Waals surface area contributed by atoms with Crippen LogP contribution in [0, 0.1) is 0 Å². The zero-order valence-corrected chi connectivity index (χ0v) is 9.55. The number of hydrogen-bond donors (Lipinski definition) is 1. The molecule has 0 aromatic carbocycles. The van der Waals surface area contributed by atoms with Crippen LogP contribution in [0.3, 0.4) is 0 Å². The Morgan fingerprint density at radius 3 is 3.00 bits per heavy atom. The summed E-state index contributed by atoms with van der Waals surface area (Å²) in [6.07, 6.45) is 6.42. The first-order valence-corrected chi connectivity index (χ1v) is 5.84. The fourth-order valence-electron chi connectivity index (χ4n) is 1.08. The van der Waals surface area contributed by atoms with E-state index < -0.39 is 0 Å². The minimum atomic E-state index is 0.540. The van der Waals surface area contributed by atoms with E-state index in [0.29, 0.717) is 5.25 Å². The molecule has 1 heterocycles. The quantitative estimate of drug-likeness (QED) is 0.576. The van der Waals surface area contributed by atoms with Gasteiger partial charge in [-0.15, -0.1) is 11.8 Å². The summed E-state index contributed by atoms with van der Waals surface area (Å²) in [6.45, 7) is 6.48. The fourth-order valence-corrected chi connectivity index (χ4v) is 1.93. The molecule has 0 aliphatic rings. The molecular weight excluding hydrogens is 194 g/mol. The predicted octanol–water partition coefficient (Wildman–Crippen LogP) is 1.96. The number of hydrogen-bond acceptors (Lipinski definition) is 4. The van der Waals surface area contributed by atoms with E-state index in [1.54, 1.807) is 30.4 Å². The van der Waals surface area contributed by atoms with Crippen molar-refractivity contribution in [3.05, 3.63) is 18.6 Å². The Labute approximate surface area is 89.7 Å². The maximum absolute atomic E-state index is 4.22. The van der Waals surface area contributed by atoms with Gasteiger partial charge in [0, 0.05) is 24.2 Å². The summed E-state index contributed by atoms with van der Waals surface area (Å²) >= 11 is 1.76. The summed E-state index contributed by atoms with van der Waals surface area (Å²) < 4.78 is 0. The lowest BCUT2D eigenvalue weighted by atomic mass is 10.4. The molecule has 0 saturated carbocycles. The Bertz CT molecular complexity index is 240. The number of rotatable bonds is 6. The van der Waals surface area contributed by atoms with Crippen molar-refractivity contribution >= 4 is 11.8 Å². The zero-order chi connectivity index (χ0) is 10.2. The van der Waals surface area contributed by atoms with Crippen molar-refractivity contribution in [1.29, 1.82) is 0 Å². The molecule has 0 radical (unpaired) electrons. The molecule has 1 unspecified atom stereocenters. The van der Waals surface area contributed by atoms with Crippen LogP contribution in [-0.2, 0) is 0 Å². The molecule has 0 saturated heterocycles. The summed E-state index contributed by atoms with van der Waals surface area (Å²) in [7, 11) is 0. The van der Waals surface area contributed by atoms with E-state index in [0.717, 1.165) is 18.1 Å². The molecule has 0 bridgehead atoms. The largest absolute Gasteiger partial charge is 0.316 e. The van der Waals surface area contributed by atoms with Crippen LogP contribution < -0.4 is 5.32 Å². The van der Waals surface area contributed by atoms with Crippen LogP contribution in [0.2, 0.25) is 0 Å². The highest BCUT2D eigenvalue weighted by Crippen LogP contribution is 2.18. The van der Waals surface area contributed by atoms with Crippen LogP contribution in [0.5, 0.6) is 0 Å². The van der Waals surface area contributed by atoms with E-state index in [9.17, 15) is 0 Å². The molecule has 0 spiro atoms. The maximum atomic E-state index is 4.22. The fraction of sp³-hybridized carbons (Fsp3) is 0.600. The van der Waals surface area contributed by atoms with Crippen molar-refractivity contribution in [2.45, 2.75) is 30.5 Å². The topological polar surface area (TPSA) is 37.8 Å². The van der Waals surface area contributed by atoms with Crippen molar-refractivity contribution in [1.82, 2.24) is 15.3 Å². The van der Waals surface area contributed by atoms with Crippen molar-refractivity contribution in [2.75, 3.05) is 13.1 Å². The Morgan fingerprint density at radius 2 is 2.36 bits per heavy atom. The number of nitrogens with one attached hydrogen (secondary N) is 1. The Balaban J connectivity index is 2.23. The molecule has 0 amide bonds. The van der Waals surface area contributed by atoms with E-state index in [1.165, 1.54) is 6.42 Å². The molecule has 78 valence electrons. The molecule has 1 aromatic heterocycles. The Kier molecular flexibility index (Phi) is 5.56. The molecule has 3 nitrogen and oxygen atoms in total. The second kappa shape index (κ2) is 6.79. The van der Waals surface area contributed by atoms with Gasteiger partial charge in [0.2, 0.25) is 0 Å². The van der Waals surface area contributed by atoms with Crippen LogP contribution in [0.4, 0.5) is 0 Å². The highest BCUT2D eigenvalue weighted by atomic mass is 32.2. The first-order valence-electron chi connectivity index (χ1n) is 4.96. The van der Waals surface area contributed by atoms with Crippen LogP contribution >= 0.6 is 11.8 Å². The first kappa shape index (κ1) is 11.5. The van der Waals surface area contributed by atoms with Gasteiger partial charge in [0.15, 0.2) is 0 Å². The lowest BCUT2D eigenvalue weighted by Crippen LogP contribution is -2.23. The van der Waals surface area contributed by atoms with E-state index in [1.807, 2.05) is 0 Å². The van der Waals surface area contributed by atoms with Crippen molar-refractivity contribution in [3.63, 3.8) is 0 Å². The molecule has 0 aliphatic carbocycles. The van der Waals surface area contributed by atoms with Gasteiger partial charge in [0.05, 0.1) is 6.20 Å². The third kappa shape index (κ3) is 4.58. The SMILES string of the molecule is CCCNCC(C)Sc1cnccn1. The Morgan fingerprint density at radius 1 is 1.50 bits per heavy atom. The summed E-state index contributed by atoms with van der Waals surface area (Å²) in [5.74, 6) is 0. The minimum Gasteiger partial charge on any atom is -0.316 e. The van der Waals surface area contributed by atoms with E-state index in [2.05, 4.69) is 29.1 Å². The molecular formula is C10H17N3S. The second-order valence-electron chi connectivity index (χ2n) is 3.18. The molecule has 1 N–H and O–H groups in total. The summed E-state index contributed by atoms with van der Waals surface area (Å²) in [4.78, 5) is 8.25. The number of nitrogens with zero attached hydrogens (tertiary/aromatic N) is 2. The van der Waals surface area contributed by atoms with Gasteiger partial charge in [0.1, 0.15) is 5.03 Å². The van der Waals surface area contributed by atoms with Crippen LogP contribution in [0.15, 0.2) is 23.6 Å². The summed E-state index contributed by atoms with van der Waals surface area (Å²) in [6, 6.07) is 0. The van der Waals surface area contributed by atoms with Gasteiger partial charge in [0.25, 0.3) is 0 Å². The second-order valence-corrected chi connectivity index (χ2v) is 4.63. The van der Waals surface area contributed by atoms with Crippen molar-refractivity contribution < 1.29 is 0 Å². The van der Waals surface area contributed by atoms with Crippen LogP contribution in [-0.4, -0.2) is 28.3 Å². The molecule has 0 aliphatic heterocycles. The Hall–Kier alpha value is -0.610. The van der Waals surface area contributed by atoms with Crippen molar-refractivity contribution in [3.8, 4) is 0 Å². The highest BCUT2D eigenvalue weighted by Gasteiger charge is 2.03. The van der Waals surface area contributed by atoms with Gasteiger partial charge in [-0.05, 0) is 13.0 Å². The molecule has 1 aromatic rings. The molecule has 1 rings (SSSR count). The number of thioether (sulfide) groups is 1. The lowest BCUT2D eigenvalue weighted by molar-refractivity contribution is 0.668. The van der Waals surface area contributed by atoms with Crippen molar-refractivity contribution in [2.24, 2.45) is 0 Å². The van der Waals surface area contributed by atoms with Gasteiger partial charge >= 0.3 is 0 Å². The highest BCUT2D eigenvalue weighted by molar-refractivity contribution is 7.99. The van der Waals surface area contributed by atoms with Gasteiger partial charge < -0.3 is 5.32 Å². The van der Waals surface area contributed by atoms with Gasteiger partial charge in [-0.25, -0.2) is 4.98 Å². The van der Waals surface area contributed by atoms with Gasteiger partial charge in [-0.2, -0.15) is 0 Å². The first-order chi connectivity index (χ1) is 6.83. The average molecular weight is 211 g/mol. The van der Waals surface area contributed by atoms with Gasteiger partial charge in [-0.1, -0.05) is 13.8 Å². The van der Waals surface area contributed by atoms with Crippen LogP contribution in [0.25, 0.3) is 0 Å². The molecule has 0 fully saturated rings. The predicted molar refractivity (Wildman–Crippen MR) is 60.5 cm³/mol. The molecule has 1 atom stereocenters. The molecule has 14 heavy (non-hydrogen) atoms. The summed E-state index contributed by atoms with van der Waals surface area (Å²) in [5.41, 5.74) is 0. The summed E-state index contributed by atoms with van der Waals surface area (Å²) in [5, 5.41) is 4.92. The maximum Gasteiger partial charge on any atom is 0.115 e. The standard InChI is InChI=1S/C10H17N3S/c1-3-4-11-7-9(2)14-10-8-12-5-6-13-10/h5-6,8-9,11H,3-4,7H2,1-2H3. The van der Waals surface area contributed by atoms with Gasteiger partial charge in [-0.3, -0.25) is 4.98 Å². The van der Waals surface area contributed by atoms with E-state index >= 15 is 0 Å². The smallest absolute Gasteiger partial charge is 0.115 e. The zero-order valence-electron chi connectivity index (χ0n) is 8.73. The number of aromatic nitrogens is 2. The monoisotopic (exact) mass is 211 g/mol. The lowest BCUT2D eigenvalue weighted by Gasteiger charge is -2.10. The van der Waals surface area contributed by atoms with E-state index in [-0.39, 0.29) is 0 Å².